The highest BCUT2D eigenvalue weighted by Crippen LogP contribution is 2.39. The molecule has 0 aromatic heterocycles. The molecular formula is C9H14N2O3. The molecule has 14 heavy (non-hydrogen) atoms. The zero-order valence-corrected chi connectivity index (χ0v) is 7.95. The number of amides is 2. The quantitative estimate of drug-likeness (QED) is 0.586. The number of carbonyl (C=O) groups is 2. The zero-order valence-electron chi connectivity index (χ0n) is 7.95. The lowest BCUT2D eigenvalue weighted by atomic mass is 9.78. The van der Waals surface area contributed by atoms with Gasteiger partial charge in [-0.2, -0.15) is 0 Å². The van der Waals surface area contributed by atoms with Crippen molar-refractivity contribution < 1.29 is 14.7 Å². The normalized spacial score (nSPS) is 25.7. The Morgan fingerprint density at radius 1 is 1.36 bits per heavy atom. The average molecular weight is 198 g/mol. The number of hydrogen-bond acceptors (Lipinski definition) is 3. The molecule has 0 aliphatic carbocycles. The van der Waals surface area contributed by atoms with E-state index in [-0.39, 0.29) is 11.3 Å². The van der Waals surface area contributed by atoms with Crippen LogP contribution in [0.25, 0.3) is 0 Å². The minimum atomic E-state index is -1.11. The minimum absolute atomic E-state index is 0.188. The summed E-state index contributed by atoms with van der Waals surface area (Å²) in [5, 5.41) is 12.0. The van der Waals surface area contributed by atoms with Crippen LogP contribution >= 0.6 is 0 Å². The van der Waals surface area contributed by atoms with E-state index < -0.39 is 6.09 Å². The Hall–Kier alpha value is -1.10. The van der Waals surface area contributed by atoms with Crippen molar-refractivity contribution in [2.75, 3.05) is 19.6 Å². The zero-order chi connectivity index (χ0) is 10.2. The molecule has 1 spiro atoms. The van der Waals surface area contributed by atoms with Gasteiger partial charge in [0, 0.05) is 6.54 Å². The maximum Gasteiger partial charge on any atom is 0.414 e. The number of piperidine rings is 1. The van der Waals surface area contributed by atoms with Crippen molar-refractivity contribution in [3.8, 4) is 0 Å². The van der Waals surface area contributed by atoms with E-state index in [9.17, 15) is 9.59 Å². The van der Waals surface area contributed by atoms with Crippen LogP contribution < -0.4 is 5.32 Å². The predicted octanol–water partition coefficient (Wildman–Crippen LogP) is 0.267. The van der Waals surface area contributed by atoms with Gasteiger partial charge < -0.3 is 10.4 Å². The van der Waals surface area contributed by atoms with Crippen molar-refractivity contribution in [1.29, 1.82) is 0 Å². The third kappa shape index (κ3) is 1.28. The van der Waals surface area contributed by atoms with E-state index in [1.807, 2.05) is 0 Å². The molecule has 0 aromatic carbocycles. The molecule has 2 heterocycles. The molecular weight excluding hydrogens is 184 g/mol. The summed E-state index contributed by atoms with van der Waals surface area (Å²) in [5.41, 5.74) is -0.371. The Labute approximate surface area is 82.1 Å². The Kier molecular flexibility index (Phi) is 2.19. The monoisotopic (exact) mass is 198 g/mol. The smallest absolute Gasteiger partial charge is 0.414 e. The van der Waals surface area contributed by atoms with Gasteiger partial charge in [-0.05, 0) is 32.4 Å². The van der Waals surface area contributed by atoms with E-state index in [0.29, 0.717) is 13.0 Å². The molecule has 2 rings (SSSR count). The largest absolute Gasteiger partial charge is 0.465 e. The third-order valence-corrected chi connectivity index (χ3v) is 3.30. The average Bonchev–Trinajstić information content (AvgIpc) is 2.46. The van der Waals surface area contributed by atoms with E-state index in [2.05, 4.69) is 5.32 Å². The highest BCUT2D eigenvalue weighted by Gasteiger charge is 2.48. The van der Waals surface area contributed by atoms with Crippen LogP contribution in [0.15, 0.2) is 0 Å². The highest BCUT2D eigenvalue weighted by atomic mass is 16.4. The second kappa shape index (κ2) is 3.24. The van der Waals surface area contributed by atoms with Gasteiger partial charge in [0.25, 0.3) is 0 Å². The fourth-order valence-electron chi connectivity index (χ4n) is 2.37. The molecule has 5 nitrogen and oxygen atoms in total. The molecule has 2 amide bonds. The van der Waals surface area contributed by atoms with Crippen molar-refractivity contribution in [3.05, 3.63) is 0 Å². The van der Waals surface area contributed by atoms with Crippen LogP contribution in [0.4, 0.5) is 4.79 Å². The van der Waals surface area contributed by atoms with E-state index in [4.69, 9.17) is 5.11 Å². The van der Waals surface area contributed by atoms with Gasteiger partial charge in [-0.25, -0.2) is 9.69 Å². The van der Waals surface area contributed by atoms with Crippen LogP contribution in [0.5, 0.6) is 0 Å². The van der Waals surface area contributed by atoms with Gasteiger partial charge in [-0.15, -0.1) is 0 Å². The Morgan fingerprint density at radius 2 is 2.00 bits per heavy atom. The summed E-state index contributed by atoms with van der Waals surface area (Å²) < 4.78 is 0. The van der Waals surface area contributed by atoms with Crippen LogP contribution in [0.1, 0.15) is 19.3 Å². The highest BCUT2D eigenvalue weighted by molar-refractivity contribution is 5.96. The number of hydrogen-bond donors (Lipinski definition) is 2. The molecule has 0 aromatic rings. The topological polar surface area (TPSA) is 69.6 Å². The molecule has 5 heteroatoms. The fourth-order valence-corrected chi connectivity index (χ4v) is 2.37. The first-order valence-corrected chi connectivity index (χ1v) is 4.91. The first kappa shape index (κ1) is 9.45. The van der Waals surface area contributed by atoms with E-state index in [0.717, 1.165) is 30.8 Å². The molecule has 2 saturated heterocycles. The molecule has 0 atom stereocenters. The van der Waals surface area contributed by atoms with Crippen LogP contribution in [0.3, 0.4) is 0 Å². The summed E-state index contributed by atoms with van der Waals surface area (Å²) in [6.45, 7) is 2.01. The molecule has 0 bridgehead atoms. The van der Waals surface area contributed by atoms with E-state index in [1.165, 1.54) is 0 Å². The van der Waals surface area contributed by atoms with Gasteiger partial charge in [-0.1, -0.05) is 0 Å². The van der Waals surface area contributed by atoms with Crippen molar-refractivity contribution >= 4 is 12.0 Å². The SMILES string of the molecule is O=C(O)N1CCC2(CCNCC2)C1=O. The second-order valence-corrected chi connectivity index (χ2v) is 4.02. The van der Waals surface area contributed by atoms with Crippen molar-refractivity contribution in [2.24, 2.45) is 5.41 Å². The third-order valence-electron chi connectivity index (χ3n) is 3.30. The lowest BCUT2D eigenvalue weighted by Crippen LogP contribution is -2.43. The molecule has 0 unspecified atom stereocenters. The van der Waals surface area contributed by atoms with Gasteiger partial charge >= 0.3 is 6.09 Å². The van der Waals surface area contributed by atoms with Crippen molar-refractivity contribution in [1.82, 2.24) is 10.2 Å². The molecule has 78 valence electrons. The Balaban J connectivity index is 2.15. The van der Waals surface area contributed by atoms with Crippen LogP contribution in [-0.4, -0.2) is 41.6 Å². The van der Waals surface area contributed by atoms with Crippen molar-refractivity contribution in [2.45, 2.75) is 19.3 Å². The minimum Gasteiger partial charge on any atom is -0.465 e. The van der Waals surface area contributed by atoms with Crippen LogP contribution in [-0.2, 0) is 4.79 Å². The number of carbonyl (C=O) groups excluding carboxylic acids is 1. The van der Waals surface area contributed by atoms with Crippen LogP contribution in [0, 0.1) is 5.41 Å². The molecule has 2 aliphatic heterocycles. The summed E-state index contributed by atoms with van der Waals surface area (Å²) >= 11 is 0. The fraction of sp³-hybridized carbons (Fsp3) is 0.778. The molecule has 2 fully saturated rings. The van der Waals surface area contributed by atoms with Gasteiger partial charge in [0.2, 0.25) is 5.91 Å². The number of nitrogens with one attached hydrogen (secondary N) is 1. The molecule has 2 aliphatic rings. The number of carboxylic acid groups (broad SMARTS) is 1. The lowest BCUT2D eigenvalue weighted by Gasteiger charge is -2.31. The first-order chi connectivity index (χ1) is 6.66. The van der Waals surface area contributed by atoms with Crippen molar-refractivity contribution in [3.63, 3.8) is 0 Å². The lowest BCUT2D eigenvalue weighted by molar-refractivity contribution is -0.135. The summed E-state index contributed by atoms with van der Waals surface area (Å²) in [5.74, 6) is -0.188. The van der Waals surface area contributed by atoms with Crippen LogP contribution in [0.2, 0.25) is 0 Å². The maximum absolute atomic E-state index is 11.8. The Morgan fingerprint density at radius 3 is 2.50 bits per heavy atom. The number of rotatable bonds is 0. The predicted molar refractivity (Wildman–Crippen MR) is 48.9 cm³/mol. The van der Waals surface area contributed by atoms with E-state index in [1.54, 1.807) is 0 Å². The Bertz CT molecular complexity index is 271. The van der Waals surface area contributed by atoms with Gasteiger partial charge in [0.1, 0.15) is 0 Å². The van der Waals surface area contributed by atoms with Gasteiger partial charge in [-0.3, -0.25) is 4.79 Å². The molecule has 2 N–H and O–H groups in total. The maximum atomic E-state index is 11.8. The number of likely N-dealkylation sites (tertiary alicyclic amines) is 1. The number of imide groups is 1. The van der Waals surface area contributed by atoms with Gasteiger partial charge in [0.05, 0.1) is 5.41 Å². The summed E-state index contributed by atoms with van der Waals surface area (Å²) in [4.78, 5) is 23.5. The van der Waals surface area contributed by atoms with E-state index >= 15 is 0 Å². The van der Waals surface area contributed by atoms with Gasteiger partial charge in [0.15, 0.2) is 0 Å². The molecule has 0 radical (unpaired) electrons. The summed E-state index contributed by atoms with van der Waals surface area (Å²) in [6, 6.07) is 0. The number of nitrogens with zero attached hydrogens (tertiary/aromatic N) is 1. The first-order valence-electron chi connectivity index (χ1n) is 4.91. The standard InChI is InChI=1S/C9H14N2O3/c12-7-9(1-4-10-5-2-9)3-6-11(7)8(13)14/h10H,1-6H2,(H,13,14). The summed E-state index contributed by atoms with van der Waals surface area (Å²) in [6.07, 6.45) is 1.14. The molecule has 0 saturated carbocycles. The summed E-state index contributed by atoms with van der Waals surface area (Å²) in [7, 11) is 0. The second-order valence-electron chi connectivity index (χ2n) is 4.02.